The predicted molar refractivity (Wildman–Crippen MR) is 100 cm³/mol. The normalized spacial score (nSPS) is 31.5. The molecule has 0 unspecified atom stereocenters. The number of hydrogen-bond acceptors (Lipinski definition) is 4. The van der Waals surface area contributed by atoms with E-state index < -0.39 is 17.4 Å². The molecule has 2 saturated heterocycles. The van der Waals surface area contributed by atoms with Gasteiger partial charge in [0.2, 0.25) is 11.8 Å². The summed E-state index contributed by atoms with van der Waals surface area (Å²) in [6.07, 6.45) is 5.37. The summed E-state index contributed by atoms with van der Waals surface area (Å²) in [4.78, 5) is 34.2. The molecule has 2 fully saturated rings. The molecular formula is C21H27N3O3. The Morgan fingerprint density at radius 1 is 1.41 bits per heavy atom. The Hall–Kier alpha value is -2.21. The molecule has 144 valence electrons. The minimum Gasteiger partial charge on any atom is -0.360 e. The van der Waals surface area contributed by atoms with Crippen molar-refractivity contribution in [2.75, 3.05) is 20.1 Å². The van der Waals surface area contributed by atoms with Crippen LogP contribution in [0.3, 0.4) is 0 Å². The van der Waals surface area contributed by atoms with Crippen LogP contribution in [0.2, 0.25) is 0 Å². The third-order valence-corrected chi connectivity index (χ3v) is 5.63. The second kappa shape index (κ2) is 6.16. The number of amides is 2. The van der Waals surface area contributed by atoms with Crippen LogP contribution in [0, 0.1) is 17.3 Å². The maximum absolute atomic E-state index is 13.2. The van der Waals surface area contributed by atoms with Gasteiger partial charge >= 0.3 is 0 Å². The molecule has 4 heterocycles. The molecule has 1 spiro atoms. The molecule has 4 rings (SSSR count). The fraction of sp³-hybridized carbons (Fsp3) is 0.571. The number of aromatic nitrogens is 1. The minimum atomic E-state index is -0.640. The van der Waals surface area contributed by atoms with E-state index in [9.17, 15) is 9.59 Å². The van der Waals surface area contributed by atoms with E-state index in [4.69, 9.17) is 4.74 Å². The van der Waals surface area contributed by atoms with Crippen LogP contribution in [0.1, 0.15) is 26.5 Å². The van der Waals surface area contributed by atoms with Crippen molar-refractivity contribution < 1.29 is 14.3 Å². The van der Waals surface area contributed by atoms with Crippen molar-refractivity contribution in [2.24, 2.45) is 17.3 Å². The number of fused-ring (bicyclic) bond motifs is 1. The lowest BCUT2D eigenvalue weighted by Gasteiger charge is -2.29. The Morgan fingerprint density at radius 3 is 2.85 bits per heavy atom. The molecular weight excluding hydrogens is 342 g/mol. The summed E-state index contributed by atoms with van der Waals surface area (Å²) in [5, 5.41) is 0. The zero-order valence-electron chi connectivity index (χ0n) is 16.4. The number of rotatable bonds is 4. The topological polar surface area (TPSA) is 62.7 Å². The van der Waals surface area contributed by atoms with Crippen molar-refractivity contribution in [3.05, 3.63) is 42.2 Å². The van der Waals surface area contributed by atoms with Crippen molar-refractivity contribution in [3.63, 3.8) is 0 Å². The van der Waals surface area contributed by atoms with Crippen molar-refractivity contribution >= 4 is 11.8 Å². The summed E-state index contributed by atoms with van der Waals surface area (Å²) in [6.45, 7) is 7.97. The van der Waals surface area contributed by atoms with Gasteiger partial charge in [-0.1, -0.05) is 39.0 Å². The van der Waals surface area contributed by atoms with Crippen LogP contribution in [-0.4, -0.2) is 58.4 Å². The molecule has 0 N–H and O–H groups in total. The van der Waals surface area contributed by atoms with E-state index in [0.29, 0.717) is 19.6 Å². The monoisotopic (exact) mass is 369 g/mol. The quantitative estimate of drug-likeness (QED) is 0.760. The van der Waals surface area contributed by atoms with E-state index in [0.717, 1.165) is 5.69 Å². The lowest BCUT2D eigenvalue weighted by molar-refractivity contribution is -0.143. The van der Waals surface area contributed by atoms with Gasteiger partial charge in [-0.2, -0.15) is 0 Å². The molecule has 0 radical (unpaired) electrons. The third kappa shape index (κ3) is 3.06. The summed E-state index contributed by atoms with van der Waals surface area (Å²) in [7, 11) is 1.77. The average molecular weight is 369 g/mol. The number of carbonyl (C=O) groups excluding carboxylic acids is 2. The number of carbonyl (C=O) groups is 2. The second-order valence-electron chi connectivity index (χ2n) is 9.17. The van der Waals surface area contributed by atoms with E-state index in [1.165, 1.54) is 0 Å². The average Bonchev–Trinajstić information content (AvgIpc) is 3.22. The highest BCUT2D eigenvalue weighted by atomic mass is 16.5. The van der Waals surface area contributed by atoms with E-state index in [1.54, 1.807) is 18.1 Å². The van der Waals surface area contributed by atoms with Gasteiger partial charge in [0, 0.05) is 19.8 Å². The SMILES string of the molecule is CN(Cc1ccccn1)C(=O)[C@H]1[C@@H]2C=C[C@@]3(CN(CC(C)(C)C)C(=O)[C@@H]13)O2. The highest BCUT2D eigenvalue weighted by Crippen LogP contribution is 2.52. The molecule has 1 aromatic heterocycles. The smallest absolute Gasteiger partial charge is 0.230 e. The lowest BCUT2D eigenvalue weighted by atomic mass is 9.76. The molecule has 0 saturated carbocycles. The first-order valence-corrected chi connectivity index (χ1v) is 9.51. The Labute approximate surface area is 160 Å². The number of nitrogens with zero attached hydrogens (tertiary/aromatic N) is 3. The first-order valence-electron chi connectivity index (χ1n) is 9.51. The van der Waals surface area contributed by atoms with Gasteiger partial charge in [-0.25, -0.2) is 0 Å². The Kier molecular flexibility index (Phi) is 4.14. The molecule has 27 heavy (non-hydrogen) atoms. The highest BCUT2D eigenvalue weighted by molar-refractivity contribution is 5.93. The molecule has 1 aromatic rings. The second-order valence-corrected chi connectivity index (χ2v) is 9.17. The first kappa shape index (κ1) is 18.2. The highest BCUT2D eigenvalue weighted by Gasteiger charge is 2.67. The van der Waals surface area contributed by atoms with Crippen molar-refractivity contribution in [1.29, 1.82) is 0 Å². The van der Waals surface area contributed by atoms with Gasteiger partial charge in [-0.15, -0.1) is 0 Å². The maximum atomic E-state index is 13.2. The number of likely N-dealkylation sites (tertiary alicyclic amines) is 1. The van der Waals surface area contributed by atoms with Crippen molar-refractivity contribution in [2.45, 2.75) is 39.0 Å². The van der Waals surface area contributed by atoms with Crippen LogP contribution >= 0.6 is 0 Å². The Morgan fingerprint density at radius 2 is 2.19 bits per heavy atom. The van der Waals surface area contributed by atoms with Crippen LogP contribution < -0.4 is 0 Å². The lowest BCUT2D eigenvalue weighted by Crippen LogP contribution is -2.45. The Bertz CT molecular complexity index is 786. The van der Waals surface area contributed by atoms with E-state index in [2.05, 4.69) is 25.8 Å². The summed E-state index contributed by atoms with van der Waals surface area (Å²) >= 11 is 0. The molecule has 4 atom stereocenters. The summed E-state index contributed by atoms with van der Waals surface area (Å²) in [6, 6.07) is 5.66. The van der Waals surface area contributed by atoms with Crippen LogP contribution in [0.4, 0.5) is 0 Å². The molecule has 3 aliphatic rings. The molecule has 2 bridgehead atoms. The minimum absolute atomic E-state index is 0.00192. The van der Waals surface area contributed by atoms with Gasteiger partial charge in [0.1, 0.15) is 5.60 Å². The van der Waals surface area contributed by atoms with Crippen molar-refractivity contribution in [1.82, 2.24) is 14.8 Å². The van der Waals surface area contributed by atoms with Gasteiger partial charge < -0.3 is 14.5 Å². The molecule has 0 aliphatic carbocycles. The van der Waals surface area contributed by atoms with E-state index in [1.807, 2.05) is 35.3 Å². The summed E-state index contributed by atoms with van der Waals surface area (Å²) in [5.74, 6) is -0.885. The number of ether oxygens (including phenoxy) is 1. The van der Waals surface area contributed by atoms with Gasteiger partial charge in [0.25, 0.3) is 0 Å². The van der Waals surface area contributed by atoms with Crippen LogP contribution in [0.25, 0.3) is 0 Å². The standard InChI is InChI=1S/C21H27N3O3/c1-20(2,3)12-24-13-21-9-8-15(27-21)16(17(21)19(24)26)18(25)23(4)11-14-7-5-6-10-22-14/h5-10,15-17H,11-13H2,1-4H3/t15-,16-,17+,21-/m0/s1. The van der Waals surface area contributed by atoms with Crippen molar-refractivity contribution in [3.8, 4) is 0 Å². The van der Waals surface area contributed by atoms with Gasteiger partial charge in [0.05, 0.1) is 36.7 Å². The number of pyridine rings is 1. The first-order chi connectivity index (χ1) is 12.7. The van der Waals surface area contributed by atoms with Gasteiger partial charge in [-0.3, -0.25) is 14.6 Å². The van der Waals surface area contributed by atoms with Gasteiger partial charge in [-0.05, 0) is 17.5 Å². The maximum Gasteiger partial charge on any atom is 0.230 e. The Balaban J connectivity index is 1.55. The van der Waals surface area contributed by atoms with Crippen LogP contribution in [-0.2, 0) is 20.9 Å². The number of hydrogen-bond donors (Lipinski definition) is 0. The third-order valence-electron chi connectivity index (χ3n) is 5.63. The van der Waals surface area contributed by atoms with E-state index >= 15 is 0 Å². The summed E-state index contributed by atoms with van der Waals surface area (Å²) in [5.41, 5.74) is 0.191. The fourth-order valence-electron chi connectivity index (χ4n) is 4.63. The molecule has 6 nitrogen and oxygen atoms in total. The molecule has 3 aliphatic heterocycles. The molecule has 0 aromatic carbocycles. The van der Waals surface area contributed by atoms with E-state index in [-0.39, 0.29) is 23.3 Å². The fourth-order valence-corrected chi connectivity index (χ4v) is 4.63. The molecule has 2 amide bonds. The van der Waals surface area contributed by atoms with Crippen LogP contribution in [0.15, 0.2) is 36.5 Å². The predicted octanol–water partition coefficient (Wildman–Crippen LogP) is 1.87. The molecule has 6 heteroatoms. The zero-order valence-corrected chi connectivity index (χ0v) is 16.4. The zero-order chi connectivity index (χ0) is 19.4. The van der Waals surface area contributed by atoms with Gasteiger partial charge in [0.15, 0.2) is 0 Å². The largest absolute Gasteiger partial charge is 0.360 e. The van der Waals surface area contributed by atoms with Crippen LogP contribution in [0.5, 0.6) is 0 Å². The summed E-state index contributed by atoms with van der Waals surface area (Å²) < 4.78 is 6.20.